The number of carbonyl (C=O) groups is 2. The molecule has 0 N–H and O–H groups in total. The van der Waals surface area contributed by atoms with Gasteiger partial charge in [0.1, 0.15) is 10.7 Å². The Morgan fingerprint density at radius 3 is 2.48 bits per heavy atom. The number of sulfone groups is 1. The molecule has 1 heterocycles. The lowest BCUT2D eigenvalue weighted by Crippen LogP contribution is -2.16. The first-order valence-corrected chi connectivity index (χ1v) is 10.5. The van der Waals surface area contributed by atoms with E-state index < -0.39 is 33.3 Å². The zero-order chi connectivity index (χ0) is 20.2. The van der Waals surface area contributed by atoms with Crippen molar-refractivity contribution in [3.8, 4) is 0 Å². The predicted molar refractivity (Wildman–Crippen MR) is 97.6 cm³/mol. The lowest BCUT2D eigenvalue weighted by molar-refractivity contribution is -0.117. The third-order valence-corrected chi connectivity index (χ3v) is 6.70. The van der Waals surface area contributed by atoms with E-state index in [-0.39, 0.29) is 22.7 Å². The van der Waals surface area contributed by atoms with Crippen LogP contribution in [0.5, 0.6) is 0 Å². The molecule has 0 unspecified atom stereocenters. The highest BCUT2D eigenvalue weighted by molar-refractivity contribution is 7.91. The van der Waals surface area contributed by atoms with Crippen LogP contribution in [0.25, 0.3) is 0 Å². The van der Waals surface area contributed by atoms with Crippen LogP contribution in [-0.4, -0.2) is 37.2 Å². The molecule has 2 rings (SSSR count). The summed E-state index contributed by atoms with van der Waals surface area (Å²) in [6.07, 6.45) is -0.328. The van der Waals surface area contributed by atoms with Crippen LogP contribution in [0.3, 0.4) is 0 Å². The van der Waals surface area contributed by atoms with Crippen LogP contribution in [0.4, 0.5) is 4.39 Å². The van der Waals surface area contributed by atoms with E-state index in [1.54, 1.807) is 25.5 Å². The first kappa shape index (κ1) is 21.0. The summed E-state index contributed by atoms with van der Waals surface area (Å²) in [6, 6.07) is 4.40. The molecule has 0 aliphatic carbocycles. The number of carbonyl (C=O) groups excluding carboxylic acids is 2. The lowest BCUT2D eigenvalue weighted by Gasteiger charge is -2.02. The van der Waals surface area contributed by atoms with Crippen molar-refractivity contribution in [1.29, 1.82) is 0 Å². The second-order valence-electron chi connectivity index (χ2n) is 5.61. The molecule has 1 aromatic heterocycles. The monoisotopic (exact) mass is 414 g/mol. The Hall–Kier alpha value is -2.33. The number of thiazole rings is 1. The Morgan fingerprint density at radius 1 is 1.26 bits per heavy atom. The average Bonchev–Trinajstić information content (AvgIpc) is 2.89. The highest BCUT2D eigenvalue weighted by Crippen LogP contribution is 2.14. The van der Waals surface area contributed by atoms with Gasteiger partial charge >= 0.3 is 5.97 Å². The van der Waals surface area contributed by atoms with E-state index in [1.165, 1.54) is 0 Å². The topological polar surface area (TPSA) is 94.8 Å². The van der Waals surface area contributed by atoms with E-state index in [0.29, 0.717) is 10.6 Å². The summed E-state index contributed by atoms with van der Waals surface area (Å²) in [5.41, 5.74) is 0.601. The van der Waals surface area contributed by atoms with Crippen molar-refractivity contribution in [2.75, 3.05) is 12.4 Å². The van der Waals surface area contributed by atoms with E-state index in [0.717, 1.165) is 35.6 Å². The number of nitrogens with zero attached hydrogens (tertiary/aromatic N) is 2. The molecule has 2 aromatic rings. The molecule has 0 saturated heterocycles. The first-order chi connectivity index (χ1) is 12.7. The highest BCUT2D eigenvalue weighted by atomic mass is 32.2. The summed E-state index contributed by atoms with van der Waals surface area (Å²) < 4.78 is 43.9. The van der Waals surface area contributed by atoms with Gasteiger partial charge in [0.05, 0.1) is 17.3 Å². The van der Waals surface area contributed by atoms with Gasteiger partial charge in [0.15, 0.2) is 14.6 Å². The molecule has 10 heteroatoms. The van der Waals surface area contributed by atoms with Gasteiger partial charge in [0.2, 0.25) is 5.91 Å². The SMILES string of the molecule is CCOC(=O)c1sc(=NC(=O)CCS(=O)(=O)c2ccc(F)cc2)n(C)c1C. The second kappa shape index (κ2) is 8.57. The molecule has 0 fully saturated rings. The van der Waals surface area contributed by atoms with E-state index in [4.69, 9.17) is 4.74 Å². The summed E-state index contributed by atoms with van der Waals surface area (Å²) in [4.78, 5) is 28.5. The molecule has 0 saturated carbocycles. The van der Waals surface area contributed by atoms with Gasteiger partial charge in [-0.3, -0.25) is 4.79 Å². The molecule has 0 aliphatic rings. The number of halogens is 1. The Bertz CT molecular complexity index is 1020. The predicted octanol–water partition coefficient (Wildman–Crippen LogP) is 2.00. The van der Waals surface area contributed by atoms with Crippen molar-refractivity contribution in [3.63, 3.8) is 0 Å². The number of hydrogen-bond donors (Lipinski definition) is 0. The van der Waals surface area contributed by atoms with Crippen LogP contribution in [0.2, 0.25) is 0 Å². The van der Waals surface area contributed by atoms with Crippen LogP contribution in [-0.2, 0) is 26.4 Å². The maximum atomic E-state index is 12.9. The molecule has 146 valence electrons. The largest absolute Gasteiger partial charge is 0.462 e. The molecule has 0 bridgehead atoms. The van der Waals surface area contributed by atoms with E-state index in [2.05, 4.69) is 4.99 Å². The number of rotatable bonds is 6. The third-order valence-electron chi connectivity index (χ3n) is 3.75. The molecule has 0 aliphatic heterocycles. The molecule has 7 nitrogen and oxygen atoms in total. The molecule has 0 radical (unpaired) electrons. The van der Waals surface area contributed by atoms with Gasteiger partial charge in [-0.2, -0.15) is 4.99 Å². The lowest BCUT2D eigenvalue weighted by atomic mass is 10.4. The Morgan fingerprint density at radius 2 is 1.89 bits per heavy atom. The van der Waals surface area contributed by atoms with Gasteiger partial charge in [-0.1, -0.05) is 11.3 Å². The van der Waals surface area contributed by atoms with Gasteiger partial charge in [-0.15, -0.1) is 0 Å². The van der Waals surface area contributed by atoms with Crippen molar-refractivity contribution in [2.24, 2.45) is 12.0 Å². The molecule has 0 atom stereocenters. The van der Waals surface area contributed by atoms with Gasteiger partial charge in [0, 0.05) is 19.2 Å². The van der Waals surface area contributed by atoms with Gasteiger partial charge in [0.25, 0.3) is 0 Å². The number of aromatic nitrogens is 1. The third kappa shape index (κ3) is 5.10. The summed E-state index contributed by atoms with van der Waals surface area (Å²) in [5.74, 6) is -2.12. The summed E-state index contributed by atoms with van der Waals surface area (Å²) in [6.45, 7) is 3.62. The van der Waals surface area contributed by atoms with E-state index >= 15 is 0 Å². The van der Waals surface area contributed by atoms with Crippen LogP contribution in [0.15, 0.2) is 34.2 Å². The van der Waals surface area contributed by atoms with Gasteiger partial charge < -0.3 is 9.30 Å². The minimum Gasteiger partial charge on any atom is -0.462 e. The van der Waals surface area contributed by atoms with Crippen LogP contribution >= 0.6 is 11.3 Å². The minimum atomic E-state index is -3.72. The van der Waals surface area contributed by atoms with Crippen LogP contribution < -0.4 is 4.80 Å². The number of benzene rings is 1. The molecular weight excluding hydrogens is 395 g/mol. The maximum absolute atomic E-state index is 12.9. The fourth-order valence-electron chi connectivity index (χ4n) is 2.16. The Kier molecular flexibility index (Phi) is 6.66. The quantitative estimate of drug-likeness (QED) is 0.532. The summed E-state index contributed by atoms with van der Waals surface area (Å²) in [7, 11) is -2.07. The average molecular weight is 414 g/mol. The zero-order valence-corrected chi connectivity index (χ0v) is 16.7. The normalized spacial score (nSPS) is 12.2. The number of ether oxygens (including phenoxy) is 1. The maximum Gasteiger partial charge on any atom is 0.350 e. The molecule has 1 amide bonds. The fraction of sp³-hybridized carbons (Fsp3) is 0.353. The highest BCUT2D eigenvalue weighted by Gasteiger charge is 2.18. The van der Waals surface area contributed by atoms with Crippen molar-refractivity contribution >= 4 is 33.1 Å². The van der Waals surface area contributed by atoms with Crippen LogP contribution in [0, 0.1) is 12.7 Å². The number of esters is 1. The van der Waals surface area contributed by atoms with E-state index in [9.17, 15) is 22.4 Å². The van der Waals surface area contributed by atoms with E-state index in [1.807, 2.05) is 0 Å². The van der Waals surface area contributed by atoms with Gasteiger partial charge in [-0.25, -0.2) is 17.6 Å². The van der Waals surface area contributed by atoms with Crippen molar-refractivity contribution < 1.29 is 27.1 Å². The van der Waals surface area contributed by atoms with Crippen molar-refractivity contribution in [2.45, 2.75) is 25.2 Å². The molecule has 27 heavy (non-hydrogen) atoms. The summed E-state index contributed by atoms with van der Waals surface area (Å²) >= 11 is 1.00. The van der Waals surface area contributed by atoms with Gasteiger partial charge in [-0.05, 0) is 38.1 Å². The zero-order valence-electron chi connectivity index (χ0n) is 15.1. The van der Waals surface area contributed by atoms with Crippen molar-refractivity contribution in [1.82, 2.24) is 4.57 Å². The number of amides is 1. The fourth-order valence-corrected chi connectivity index (χ4v) is 4.42. The van der Waals surface area contributed by atoms with Crippen molar-refractivity contribution in [3.05, 3.63) is 45.5 Å². The van der Waals surface area contributed by atoms with Crippen LogP contribution in [0.1, 0.15) is 28.7 Å². The Labute approximate surface area is 160 Å². The molecule has 0 spiro atoms. The number of hydrogen-bond acceptors (Lipinski definition) is 6. The standard InChI is InChI=1S/C17H19FN2O5S2/c1-4-25-16(22)15-11(2)20(3)17(26-15)19-14(21)9-10-27(23,24)13-7-5-12(18)6-8-13/h5-8H,4,9-10H2,1-3H3. The minimum absolute atomic E-state index is 0.0566. The smallest absolute Gasteiger partial charge is 0.350 e. The second-order valence-corrected chi connectivity index (χ2v) is 8.69. The molecular formula is C17H19FN2O5S2. The molecule has 1 aromatic carbocycles. The first-order valence-electron chi connectivity index (χ1n) is 8.05. The summed E-state index contributed by atoms with van der Waals surface area (Å²) in [5, 5.41) is 0. The Balaban J connectivity index is 2.16.